The third-order valence-electron chi connectivity index (χ3n) is 6.48. The van der Waals surface area contributed by atoms with Crippen LogP contribution in [0.5, 0.6) is 0 Å². The van der Waals surface area contributed by atoms with E-state index in [1.165, 1.54) is 0 Å². The number of esters is 1. The number of hydrogen-bond acceptors (Lipinski definition) is 8. The monoisotopic (exact) mass is 646 g/mol. The third-order valence-corrected chi connectivity index (χ3v) is 7.95. The van der Waals surface area contributed by atoms with Crippen molar-refractivity contribution in [3.8, 4) is 0 Å². The number of benzene rings is 1. The van der Waals surface area contributed by atoms with Crippen LogP contribution >= 0.6 is 11.8 Å². The number of ether oxygens (including phenoxy) is 1. The van der Waals surface area contributed by atoms with Crippen LogP contribution in [0.15, 0.2) is 42.5 Å². The van der Waals surface area contributed by atoms with Crippen molar-refractivity contribution >= 4 is 35.6 Å². The molecule has 0 aliphatic rings. The Morgan fingerprint density at radius 1 is 1.09 bits per heavy atom. The van der Waals surface area contributed by atoms with Crippen molar-refractivity contribution in [3.63, 3.8) is 0 Å². The number of alkyl halides is 3. The summed E-state index contributed by atoms with van der Waals surface area (Å²) in [6, 6.07) is 5.33. The van der Waals surface area contributed by atoms with Gasteiger partial charge in [-0.1, -0.05) is 68.3 Å². The highest BCUT2D eigenvalue weighted by Gasteiger charge is 2.41. The fourth-order valence-corrected chi connectivity index (χ4v) is 5.36. The van der Waals surface area contributed by atoms with Crippen molar-refractivity contribution in [3.05, 3.63) is 53.6 Å². The third kappa shape index (κ3) is 16.3. The molecule has 0 bridgehead atoms. The number of unbranched alkanes of at least 4 members (excludes halogenated alkanes) is 4. The Kier molecular flexibility index (Phi) is 19.4. The van der Waals surface area contributed by atoms with Gasteiger partial charge in [0.1, 0.15) is 12.6 Å². The average molecular weight is 647 g/mol. The van der Waals surface area contributed by atoms with Crippen molar-refractivity contribution in [2.45, 2.75) is 88.0 Å². The molecular formula is C31H45F3N2O7S. The molecule has 4 atom stereocenters. The molecule has 0 aromatic heterocycles. The largest absolute Gasteiger partial charge is 0.471 e. The summed E-state index contributed by atoms with van der Waals surface area (Å²) in [4.78, 5) is 35.8. The van der Waals surface area contributed by atoms with Crippen LogP contribution in [0.25, 0.3) is 6.08 Å². The first-order valence-electron chi connectivity index (χ1n) is 14.7. The molecule has 44 heavy (non-hydrogen) atoms. The molecule has 2 amide bonds. The van der Waals surface area contributed by atoms with E-state index in [9.17, 15) is 37.8 Å². The first-order chi connectivity index (χ1) is 20.9. The quantitative estimate of drug-likeness (QED) is 0.0759. The Morgan fingerprint density at radius 2 is 1.84 bits per heavy atom. The minimum Gasteiger partial charge on any atom is -0.468 e. The second-order valence-corrected chi connectivity index (χ2v) is 11.3. The Bertz CT molecular complexity index is 1070. The first kappa shape index (κ1) is 39.2. The summed E-state index contributed by atoms with van der Waals surface area (Å²) in [7, 11) is 1.08. The maximum Gasteiger partial charge on any atom is 0.471 e. The maximum atomic E-state index is 13.0. The van der Waals surface area contributed by atoms with Gasteiger partial charge in [-0.3, -0.25) is 14.4 Å². The number of amides is 2. The van der Waals surface area contributed by atoms with Gasteiger partial charge in [0.05, 0.1) is 24.6 Å². The van der Waals surface area contributed by atoms with Gasteiger partial charge in [0.15, 0.2) is 0 Å². The maximum absolute atomic E-state index is 13.0. The lowest BCUT2D eigenvalue weighted by molar-refractivity contribution is -0.174. The van der Waals surface area contributed by atoms with Crippen LogP contribution < -0.4 is 10.6 Å². The highest BCUT2D eigenvalue weighted by molar-refractivity contribution is 7.99. The van der Waals surface area contributed by atoms with E-state index in [0.717, 1.165) is 44.6 Å². The average Bonchev–Trinajstić information content (AvgIpc) is 2.99. The van der Waals surface area contributed by atoms with Gasteiger partial charge in [0, 0.05) is 12.4 Å². The van der Waals surface area contributed by atoms with Crippen LogP contribution in [0.3, 0.4) is 0 Å². The molecule has 0 heterocycles. The molecule has 248 valence electrons. The highest BCUT2D eigenvalue weighted by Crippen LogP contribution is 2.35. The lowest BCUT2D eigenvalue weighted by Crippen LogP contribution is -2.52. The van der Waals surface area contributed by atoms with Gasteiger partial charge in [-0.25, -0.2) is 0 Å². The molecule has 1 aromatic carbocycles. The normalized spacial score (nSPS) is 14.7. The lowest BCUT2D eigenvalue weighted by atomic mass is 10.0. The molecule has 0 saturated heterocycles. The Labute approximate surface area is 261 Å². The summed E-state index contributed by atoms with van der Waals surface area (Å²) in [6.45, 7) is 1.45. The zero-order valence-corrected chi connectivity index (χ0v) is 26.0. The standard InChI is InChI=1S/C31H45F3N2O7S/c1-3-4-5-6-7-8-14-24(38)17-16-22-12-11-13-23(19-22)28(26(39)15-9-10-18-37)44-21-25(36-30(42)31(32,33)34)29(41)35-20-27(40)43-2/h7-8,11-13,16-17,19,24-26,28,37-39H,3-6,9-10,14-15,18,20-21H2,1-2H3,(H,35,41)(H,36,42)/b8-7+,17-16+/t24?,25-,26?,28?/m0/s1. The van der Waals surface area contributed by atoms with E-state index in [0.29, 0.717) is 30.4 Å². The first-order valence-corrected chi connectivity index (χ1v) is 15.7. The van der Waals surface area contributed by atoms with Gasteiger partial charge in [0.25, 0.3) is 0 Å². The fourth-order valence-electron chi connectivity index (χ4n) is 4.03. The predicted molar refractivity (Wildman–Crippen MR) is 165 cm³/mol. The molecule has 3 unspecified atom stereocenters. The minimum atomic E-state index is -5.25. The number of carbonyl (C=O) groups excluding carboxylic acids is 3. The molecule has 0 aliphatic heterocycles. The van der Waals surface area contributed by atoms with Gasteiger partial charge >= 0.3 is 18.1 Å². The molecule has 9 nitrogen and oxygen atoms in total. The number of aliphatic hydroxyl groups excluding tert-OH is 3. The summed E-state index contributed by atoms with van der Waals surface area (Å²) in [5.74, 6) is -4.54. The van der Waals surface area contributed by atoms with E-state index in [-0.39, 0.29) is 18.8 Å². The van der Waals surface area contributed by atoms with Crippen molar-refractivity contribution in [2.75, 3.05) is 26.0 Å². The molecule has 0 radical (unpaired) electrons. The Morgan fingerprint density at radius 3 is 2.50 bits per heavy atom. The molecule has 0 fully saturated rings. The van der Waals surface area contributed by atoms with E-state index in [2.05, 4.69) is 17.0 Å². The van der Waals surface area contributed by atoms with Gasteiger partial charge in [-0.2, -0.15) is 13.2 Å². The SMILES string of the molecule is CCCCC/C=C/CC(O)/C=C/c1cccc(C(SC[C@H](NC(=O)C(F)(F)F)C(=O)NCC(=O)OC)C(O)CCCCO)c1. The smallest absolute Gasteiger partial charge is 0.468 e. The van der Waals surface area contributed by atoms with Crippen molar-refractivity contribution in [1.82, 2.24) is 10.6 Å². The summed E-state index contributed by atoms with van der Waals surface area (Å²) in [6.07, 6.45) is 6.36. The Hall–Kier alpha value is -2.87. The summed E-state index contributed by atoms with van der Waals surface area (Å²) >= 11 is 0.968. The van der Waals surface area contributed by atoms with Crippen LogP contribution in [-0.4, -0.2) is 83.5 Å². The number of allylic oxidation sites excluding steroid dienone is 1. The van der Waals surface area contributed by atoms with Crippen LogP contribution in [0.1, 0.15) is 74.7 Å². The van der Waals surface area contributed by atoms with Crippen molar-refractivity contribution in [1.29, 1.82) is 0 Å². The number of nitrogens with one attached hydrogen (secondary N) is 2. The van der Waals surface area contributed by atoms with Crippen LogP contribution in [0, 0.1) is 0 Å². The van der Waals surface area contributed by atoms with Crippen LogP contribution in [0.2, 0.25) is 0 Å². The predicted octanol–water partition coefficient (Wildman–Crippen LogP) is 4.22. The number of rotatable bonds is 21. The van der Waals surface area contributed by atoms with Crippen molar-refractivity contribution in [2.24, 2.45) is 0 Å². The number of aliphatic hydroxyl groups is 3. The topological polar surface area (TPSA) is 145 Å². The molecule has 13 heteroatoms. The highest BCUT2D eigenvalue weighted by atomic mass is 32.2. The van der Waals surface area contributed by atoms with E-state index < -0.39 is 54.0 Å². The van der Waals surface area contributed by atoms with E-state index >= 15 is 0 Å². The summed E-state index contributed by atoms with van der Waals surface area (Å²) in [5, 5.41) is 33.6. The lowest BCUT2D eigenvalue weighted by Gasteiger charge is -2.26. The molecule has 1 aromatic rings. The molecule has 0 saturated carbocycles. The van der Waals surface area contributed by atoms with Crippen LogP contribution in [-0.2, 0) is 19.1 Å². The van der Waals surface area contributed by atoms with E-state index in [1.807, 2.05) is 12.2 Å². The van der Waals surface area contributed by atoms with E-state index in [1.54, 1.807) is 41.7 Å². The summed E-state index contributed by atoms with van der Waals surface area (Å²) < 4.78 is 43.4. The second-order valence-electron chi connectivity index (χ2n) is 10.2. The summed E-state index contributed by atoms with van der Waals surface area (Å²) in [5.41, 5.74) is 1.31. The van der Waals surface area contributed by atoms with Crippen molar-refractivity contribution < 1.29 is 47.6 Å². The van der Waals surface area contributed by atoms with Crippen LogP contribution in [0.4, 0.5) is 13.2 Å². The number of methoxy groups -OCH3 is 1. The molecule has 0 aliphatic carbocycles. The van der Waals surface area contributed by atoms with Gasteiger partial charge in [0.2, 0.25) is 5.91 Å². The second kappa shape index (κ2) is 21.8. The van der Waals surface area contributed by atoms with E-state index in [4.69, 9.17) is 5.11 Å². The molecule has 1 rings (SSSR count). The number of carbonyl (C=O) groups is 3. The zero-order chi connectivity index (χ0) is 33.0. The van der Waals surface area contributed by atoms with Gasteiger partial charge in [-0.05, 0) is 49.7 Å². The molecule has 5 N–H and O–H groups in total. The molecular weight excluding hydrogens is 601 g/mol. The number of halogens is 3. The van der Waals surface area contributed by atoms with Gasteiger partial charge in [-0.15, -0.1) is 11.8 Å². The van der Waals surface area contributed by atoms with Gasteiger partial charge < -0.3 is 30.7 Å². The number of thioether (sulfide) groups is 1. The minimum absolute atomic E-state index is 0.0764. The zero-order valence-electron chi connectivity index (χ0n) is 25.2. The Balaban J connectivity index is 3.12. The molecule has 0 spiro atoms. The fraction of sp³-hybridized carbons (Fsp3) is 0.581. The number of hydrogen-bond donors (Lipinski definition) is 5.